The van der Waals surface area contributed by atoms with Crippen LogP contribution in [0.25, 0.3) is 0 Å². The fourth-order valence-corrected chi connectivity index (χ4v) is 3.23. The molecule has 1 saturated carbocycles. The molecule has 2 atom stereocenters. The number of benzene rings is 1. The first-order valence-electron chi connectivity index (χ1n) is 8.06. The van der Waals surface area contributed by atoms with Crippen LogP contribution in [0.5, 0.6) is 0 Å². The Morgan fingerprint density at radius 3 is 2.21 bits per heavy atom. The summed E-state index contributed by atoms with van der Waals surface area (Å²) in [6, 6.07) is 9.26. The smallest absolute Gasteiger partial charge is 0.0297 e. The first-order chi connectivity index (χ1) is 9.20. The second-order valence-electron chi connectivity index (χ2n) is 6.32. The molecule has 1 aromatic rings. The monoisotopic (exact) mass is 259 g/mol. The number of hydrogen-bond acceptors (Lipinski definition) is 1. The molecule has 0 bridgehead atoms. The normalized spacial score (nSPS) is 20.2. The molecule has 1 aliphatic rings. The second kappa shape index (κ2) is 7.09. The summed E-state index contributed by atoms with van der Waals surface area (Å²) < 4.78 is 0. The average Bonchev–Trinajstić information content (AvgIpc) is 2.47. The molecule has 1 nitrogen and oxygen atoms in total. The van der Waals surface area contributed by atoms with Gasteiger partial charge in [-0.2, -0.15) is 0 Å². The van der Waals surface area contributed by atoms with Crippen LogP contribution in [-0.4, -0.2) is 0 Å². The highest BCUT2D eigenvalue weighted by Crippen LogP contribution is 2.31. The van der Waals surface area contributed by atoms with Crippen molar-refractivity contribution >= 4 is 0 Å². The molecule has 2 N–H and O–H groups in total. The molecule has 0 radical (unpaired) electrons. The first kappa shape index (κ1) is 14.6. The minimum atomic E-state index is 0.231. The minimum Gasteiger partial charge on any atom is -0.324 e. The summed E-state index contributed by atoms with van der Waals surface area (Å²) in [5.41, 5.74) is 9.14. The summed E-state index contributed by atoms with van der Waals surface area (Å²) in [5.74, 6) is 1.52. The van der Waals surface area contributed by atoms with Gasteiger partial charge in [0, 0.05) is 6.04 Å². The molecule has 0 aliphatic heterocycles. The van der Waals surface area contributed by atoms with Gasteiger partial charge in [-0.25, -0.2) is 0 Å². The fraction of sp³-hybridized carbons (Fsp3) is 0.667. The van der Waals surface area contributed by atoms with Crippen molar-refractivity contribution in [3.05, 3.63) is 35.4 Å². The highest BCUT2D eigenvalue weighted by molar-refractivity contribution is 5.27. The van der Waals surface area contributed by atoms with Crippen molar-refractivity contribution in [2.45, 2.75) is 70.8 Å². The third kappa shape index (κ3) is 4.07. The fourth-order valence-electron chi connectivity index (χ4n) is 3.23. The van der Waals surface area contributed by atoms with E-state index in [1.54, 1.807) is 0 Å². The van der Waals surface area contributed by atoms with E-state index in [0.29, 0.717) is 5.92 Å². The van der Waals surface area contributed by atoms with Gasteiger partial charge in [-0.05, 0) is 35.8 Å². The molecule has 106 valence electrons. The molecule has 1 fully saturated rings. The van der Waals surface area contributed by atoms with Crippen molar-refractivity contribution < 1.29 is 0 Å². The SMILES string of the molecule is CCC(C)c1ccc(C(N)CC2CCCCC2)cc1. The summed E-state index contributed by atoms with van der Waals surface area (Å²) in [4.78, 5) is 0. The van der Waals surface area contributed by atoms with Crippen LogP contribution >= 0.6 is 0 Å². The van der Waals surface area contributed by atoms with Crippen molar-refractivity contribution in [1.29, 1.82) is 0 Å². The van der Waals surface area contributed by atoms with Crippen molar-refractivity contribution in [3.8, 4) is 0 Å². The third-order valence-corrected chi connectivity index (χ3v) is 4.86. The molecule has 1 aromatic carbocycles. The Balaban J connectivity index is 1.93. The summed E-state index contributed by atoms with van der Waals surface area (Å²) in [7, 11) is 0. The van der Waals surface area contributed by atoms with Crippen LogP contribution in [0.1, 0.15) is 81.9 Å². The van der Waals surface area contributed by atoms with Gasteiger partial charge in [-0.3, -0.25) is 0 Å². The molecule has 19 heavy (non-hydrogen) atoms. The van der Waals surface area contributed by atoms with Crippen LogP contribution in [0, 0.1) is 5.92 Å². The molecule has 1 heteroatoms. The van der Waals surface area contributed by atoms with Gasteiger partial charge < -0.3 is 5.73 Å². The summed E-state index contributed by atoms with van der Waals surface area (Å²) in [6.45, 7) is 4.53. The Morgan fingerprint density at radius 2 is 1.63 bits per heavy atom. The van der Waals surface area contributed by atoms with Crippen molar-refractivity contribution in [2.75, 3.05) is 0 Å². The van der Waals surface area contributed by atoms with Gasteiger partial charge in [0.25, 0.3) is 0 Å². The van der Waals surface area contributed by atoms with Gasteiger partial charge >= 0.3 is 0 Å². The molecule has 0 heterocycles. The molecule has 2 rings (SSSR count). The average molecular weight is 259 g/mol. The minimum absolute atomic E-state index is 0.231. The van der Waals surface area contributed by atoms with E-state index in [-0.39, 0.29) is 6.04 Å². The van der Waals surface area contributed by atoms with Crippen LogP contribution in [0.2, 0.25) is 0 Å². The molecule has 1 aliphatic carbocycles. The van der Waals surface area contributed by atoms with Crippen LogP contribution in [0.3, 0.4) is 0 Å². The van der Waals surface area contributed by atoms with Crippen LogP contribution in [0.4, 0.5) is 0 Å². The van der Waals surface area contributed by atoms with Crippen LogP contribution < -0.4 is 5.73 Å². The molecule has 0 amide bonds. The Bertz CT molecular complexity index is 362. The first-order valence-corrected chi connectivity index (χ1v) is 8.06. The lowest BCUT2D eigenvalue weighted by Crippen LogP contribution is -2.17. The molecule has 0 saturated heterocycles. The summed E-state index contributed by atoms with van der Waals surface area (Å²) >= 11 is 0. The van der Waals surface area contributed by atoms with Gasteiger partial charge in [0.15, 0.2) is 0 Å². The van der Waals surface area contributed by atoms with E-state index in [9.17, 15) is 0 Å². The Labute approximate surface area is 118 Å². The van der Waals surface area contributed by atoms with Crippen molar-refractivity contribution in [3.63, 3.8) is 0 Å². The quantitative estimate of drug-likeness (QED) is 0.775. The second-order valence-corrected chi connectivity index (χ2v) is 6.32. The van der Waals surface area contributed by atoms with Crippen molar-refractivity contribution in [2.24, 2.45) is 11.7 Å². The van der Waals surface area contributed by atoms with Gasteiger partial charge in [-0.15, -0.1) is 0 Å². The molecule has 2 unspecified atom stereocenters. The topological polar surface area (TPSA) is 26.0 Å². The number of rotatable bonds is 5. The lowest BCUT2D eigenvalue weighted by atomic mass is 9.83. The van der Waals surface area contributed by atoms with Crippen molar-refractivity contribution in [1.82, 2.24) is 0 Å². The van der Waals surface area contributed by atoms with E-state index in [1.807, 2.05) is 0 Å². The van der Waals surface area contributed by atoms with Gasteiger partial charge in [0.2, 0.25) is 0 Å². The lowest BCUT2D eigenvalue weighted by molar-refractivity contribution is 0.319. The largest absolute Gasteiger partial charge is 0.324 e. The Kier molecular flexibility index (Phi) is 5.45. The van der Waals surface area contributed by atoms with Crippen LogP contribution in [0.15, 0.2) is 24.3 Å². The van der Waals surface area contributed by atoms with E-state index >= 15 is 0 Å². The maximum atomic E-state index is 6.38. The molecule has 0 aromatic heterocycles. The standard InChI is InChI=1S/C18H29N/c1-3-14(2)16-9-11-17(12-10-16)18(19)13-15-7-5-4-6-8-15/h9-12,14-15,18H,3-8,13,19H2,1-2H3. The van der Waals surface area contributed by atoms with E-state index < -0.39 is 0 Å². The molecule has 0 spiro atoms. The highest BCUT2D eigenvalue weighted by atomic mass is 14.6. The summed E-state index contributed by atoms with van der Waals surface area (Å²) in [5, 5.41) is 0. The zero-order chi connectivity index (χ0) is 13.7. The summed E-state index contributed by atoms with van der Waals surface area (Å²) in [6.07, 6.45) is 9.39. The van der Waals surface area contributed by atoms with E-state index in [2.05, 4.69) is 38.1 Å². The van der Waals surface area contributed by atoms with Crippen LogP contribution in [-0.2, 0) is 0 Å². The highest BCUT2D eigenvalue weighted by Gasteiger charge is 2.17. The Morgan fingerprint density at radius 1 is 1.05 bits per heavy atom. The van der Waals surface area contributed by atoms with Gasteiger partial charge in [0.05, 0.1) is 0 Å². The maximum absolute atomic E-state index is 6.38. The van der Waals surface area contributed by atoms with E-state index in [1.165, 1.54) is 56.1 Å². The lowest BCUT2D eigenvalue weighted by Gasteiger charge is -2.25. The Hall–Kier alpha value is -0.820. The van der Waals surface area contributed by atoms with Gasteiger partial charge in [-0.1, -0.05) is 70.2 Å². The van der Waals surface area contributed by atoms with E-state index in [0.717, 1.165) is 5.92 Å². The van der Waals surface area contributed by atoms with E-state index in [4.69, 9.17) is 5.73 Å². The third-order valence-electron chi connectivity index (χ3n) is 4.86. The molecular weight excluding hydrogens is 230 g/mol. The zero-order valence-corrected chi connectivity index (χ0v) is 12.6. The van der Waals surface area contributed by atoms with Gasteiger partial charge in [0.1, 0.15) is 0 Å². The zero-order valence-electron chi connectivity index (χ0n) is 12.6. The maximum Gasteiger partial charge on any atom is 0.0297 e. The predicted molar refractivity (Wildman–Crippen MR) is 83.3 cm³/mol. The number of hydrogen-bond donors (Lipinski definition) is 1. The molecular formula is C18H29N. The predicted octanol–water partition coefficient (Wildman–Crippen LogP) is 5.17. The number of nitrogens with two attached hydrogens (primary N) is 1.